The summed E-state index contributed by atoms with van der Waals surface area (Å²) in [5.74, 6) is 0.538. The minimum atomic E-state index is -3.53. The van der Waals surface area contributed by atoms with Gasteiger partial charge in [0, 0.05) is 29.7 Å². The Morgan fingerprint density at radius 3 is 2.74 bits per heavy atom. The first-order chi connectivity index (χ1) is 10.9. The summed E-state index contributed by atoms with van der Waals surface area (Å²) in [4.78, 5) is 13.1. The molecule has 0 aromatic heterocycles. The molecule has 1 aromatic carbocycles. The summed E-state index contributed by atoms with van der Waals surface area (Å²) in [5.41, 5.74) is 0.594. The van der Waals surface area contributed by atoms with Gasteiger partial charge in [-0.05, 0) is 24.6 Å². The van der Waals surface area contributed by atoms with Gasteiger partial charge in [-0.1, -0.05) is 27.2 Å². The molecule has 1 aliphatic rings. The molecule has 23 heavy (non-hydrogen) atoms. The third-order valence-corrected chi connectivity index (χ3v) is 7.20. The lowest BCUT2D eigenvalue weighted by Gasteiger charge is -2.21. The van der Waals surface area contributed by atoms with Gasteiger partial charge in [0.15, 0.2) is 0 Å². The summed E-state index contributed by atoms with van der Waals surface area (Å²) in [7, 11) is -3.53. The van der Waals surface area contributed by atoms with Gasteiger partial charge in [0.05, 0.1) is 10.6 Å². The number of benzene rings is 1. The molecule has 0 spiro atoms. The molecular weight excluding hydrogens is 332 g/mol. The molecule has 0 fully saturated rings. The summed E-state index contributed by atoms with van der Waals surface area (Å²) in [6.45, 7) is 6.71. The van der Waals surface area contributed by atoms with Crippen molar-refractivity contribution in [3.8, 4) is 0 Å². The Labute approximate surface area is 142 Å². The maximum atomic E-state index is 12.8. The van der Waals surface area contributed by atoms with Crippen molar-refractivity contribution in [1.82, 2.24) is 4.31 Å². The van der Waals surface area contributed by atoms with E-state index in [1.54, 1.807) is 30.0 Å². The van der Waals surface area contributed by atoms with Crippen LogP contribution in [0.15, 0.2) is 28.0 Å². The molecule has 0 radical (unpaired) electrons. The van der Waals surface area contributed by atoms with Crippen LogP contribution in [-0.4, -0.2) is 37.5 Å². The largest absolute Gasteiger partial charge is 0.325 e. The van der Waals surface area contributed by atoms with E-state index in [0.717, 1.165) is 17.7 Å². The van der Waals surface area contributed by atoms with Crippen molar-refractivity contribution in [3.63, 3.8) is 0 Å². The first kappa shape index (κ1) is 18.3. The average Bonchev–Trinajstić information content (AvgIpc) is 2.66. The van der Waals surface area contributed by atoms with E-state index in [9.17, 15) is 13.2 Å². The minimum absolute atomic E-state index is 0.0656. The lowest BCUT2D eigenvalue weighted by Crippen LogP contribution is -2.32. The molecule has 128 valence electrons. The standard InChI is InChI=1S/C16H24N2O3S2/c1-4-6-9-18(5-2)23(20,21)13-7-8-15-14(10-13)17-16(19)12(3)11-22-15/h7-8,10,12H,4-6,9,11H2,1-3H3,(H,17,19)/t12-/m1/s1. The van der Waals surface area contributed by atoms with Crippen LogP contribution in [0, 0.1) is 5.92 Å². The highest BCUT2D eigenvalue weighted by Gasteiger charge is 2.26. The van der Waals surface area contributed by atoms with Crippen molar-refractivity contribution in [1.29, 1.82) is 0 Å². The maximum Gasteiger partial charge on any atom is 0.243 e. The highest BCUT2D eigenvalue weighted by Crippen LogP contribution is 2.34. The van der Waals surface area contributed by atoms with Gasteiger partial charge in [0.25, 0.3) is 0 Å². The van der Waals surface area contributed by atoms with Crippen LogP contribution in [0.25, 0.3) is 0 Å². The maximum absolute atomic E-state index is 12.8. The van der Waals surface area contributed by atoms with Crippen molar-refractivity contribution in [2.75, 3.05) is 24.2 Å². The van der Waals surface area contributed by atoms with E-state index in [1.165, 1.54) is 4.31 Å². The Morgan fingerprint density at radius 2 is 2.09 bits per heavy atom. The molecule has 1 aromatic rings. The summed E-state index contributed by atoms with van der Waals surface area (Å²) >= 11 is 1.58. The highest BCUT2D eigenvalue weighted by atomic mass is 32.2. The molecule has 2 rings (SSSR count). The van der Waals surface area contributed by atoms with Crippen LogP contribution in [0.2, 0.25) is 0 Å². The number of nitrogens with zero attached hydrogens (tertiary/aromatic N) is 1. The van der Waals surface area contributed by atoms with Gasteiger partial charge in [-0.3, -0.25) is 4.79 Å². The lowest BCUT2D eigenvalue weighted by atomic mass is 10.2. The molecule has 0 aliphatic carbocycles. The van der Waals surface area contributed by atoms with E-state index >= 15 is 0 Å². The molecule has 0 bridgehead atoms. The van der Waals surface area contributed by atoms with Crippen LogP contribution in [-0.2, 0) is 14.8 Å². The molecule has 1 N–H and O–H groups in total. The number of hydrogen-bond donors (Lipinski definition) is 1. The SMILES string of the molecule is CCCCN(CC)S(=O)(=O)c1ccc2c(c1)NC(=O)[C@H](C)CS2. The molecule has 0 saturated heterocycles. The fourth-order valence-corrected chi connectivity index (χ4v) is 4.90. The van der Waals surface area contributed by atoms with E-state index in [0.29, 0.717) is 24.5 Å². The second-order valence-electron chi connectivity index (χ2n) is 5.71. The number of unbranched alkanes of at least 4 members (excludes halogenated alkanes) is 1. The second kappa shape index (κ2) is 7.68. The van der Waals surface area contributed by atoms with E-state index in [1.807, 2.05) is 20.8 Å². The summed E-state index contributed by atoms with van der Waals surface area (Å²) in [6, 6.07) is 5.01. The van der Waals surface area contributed by atoms with Gasteiger partial charge in [-0.15, -0.1) is 11.8 Å². The number of sulfonamides is 1. The predicted octanol–water partition coefficient (Wildman–Crippen LogP) is 3.18. The number of carbonyl (C=O) groups is 1. The van der Waals surface area contributed by atoms with Crippen LogP contribution >= 0.6 is 11.8 Å². The summed E-state index contributed by atoms with van der Waals surface area (Å²) in [6.07, 6.45) is 1.78. The number of hydrogen-bond acceptors (Lipinski definition) is 4. The monoisotopic (exact) mass is 356 g/mol. The zero-order chi connectivity index (χ0) is 17.0. The number of rotatable bonds is 6. The Morgan fingerprint density at radius 1 is 1.35 bits per heavy atom. The number of amides is 1. The molecule has 1 atom stereocenters. The van der Waals surface area contributed by atoms with Crippen LogP contribution in [0.3, 0.4) is 0 Å². The van der Waals surface area contributed by atoms with Crippen molar-refractivity contribution < 1.29 is 13.2 Å². The van der Waals surface area contributed by atoms with Crippen LogP contribution in [0.4, 0.5) is 5.69 Å². The van der Waals surface area contributed by atoms with Crippen molar-refractivity contribution in [3.05, 3.63) is 18.2 Å². The topological polar surface area (TPSA) is 66.5 Å². The Kier molecular flexibility index (Phi) is 6.11. The number of fused-ring (bicyclic) bond motifs is 1. The van der Waals surface area contributed by atoms with Gasteiger partial charge >= 0.3 is 0 Å². The van der Waals surface area contributed by atoms with Crippen LogP contribution < -0.4 is 5.32 Å². The zero-order valence-corrected chi connectivity index (χ0v) is 15.5. The first-order valence-electron chi connectivity index (χ1n) is 7.98. The molecule has 5 nitrogen and oxygen atoms in total. The lowest BCUT2D eigenvalue weighted by molar-refractivity contribution is -0.118. The third-order valence-electron chi connectivity index (χ3n) is 3.90. The second-order valence-corrected chi connectivity index (χ2v) is 8.71. The molecule has 0 saturated carbocycles. The average molecular weight is 357 g/mol. The molecule has 1 aliphatic heterocycles. The first-order valence-corrected chi connectivity index (χ1v) is 10.4. The van der Waals surface area contributed by atoms with Gasteiger partial charge in [0.2, 0.25) is 15.9 Å². The Balaban J connectivity index is 2.34. The number of carbonyl (C=O) groups excluding carboxylic acids is 1. The fraction of sp³-hybridized carbons (Fsp3) is 0.562. The zero-order valence-electron chi connectivity index (χ0n) is 13.8. The molecule has 1 heterocycles. The van der Waals surface area contributed by atoms with E-state index in [-0.39, 0.29) is 16.7 Å². The van der Waals surface area contributed by atoms with Gasteiger partial charge in [0.1, 0.15) is 0 Å². The smallest absolute Gasteiger partial charge is 0.243 e. The Bertz CT molecular complexity index is 674. The van der Waals surface area contributed by atoms with Gasteiger partial charge in [-0.2, -0.15) is 4.31 Å². The number of thioether (sulfide) groups is 1. The van der Waals surface area contributed by atoms with E-state index in [2.05, 4.69) is 5.32 Å². The van der Waals surface area contributed by atoms with Crippen LogP contribution in [0.1, 0.15) is 33.6 Å². The molecule has 1 amide bonds. The van der Waals surface area contributed by atoms with Crippen molar-refractivity contribution in [2.45, 2.75) is 43.4 Å². The molecule has 0 unspecified atom stereocenters. The van der Waals surface area contributed by atoms with Crippen molar-refractivity contribution in [2.24, 2.45) is 5.92 Å². The molecule has 7 heteroatoms. The quantitative estimate of drug-likeness (QED) is 0.850. The van der Waals surface area contributed by atoms with E-state index in [4.69, 9.17) is 0 Å². The predicted molar refractivity (Wildman–Crippen MR) is 94.3 cm³/mol. The van der Waals surface area contributed by atoms with Crippen LogP contribution in [0.5, 0.6) is 0 Å². The van der Waals surface area contributed by atoms with E-state index < -0.39 is 10.0 Å². The highest BCUT2D eigenvalue weighted by molar-refractivity contribution is 7.99. The number of nitrogens with one attached hydrogen (secondary N) is 1. The van der Waals surface area contributed by atoms with Crippen molar-refractivity contribution >= 4 is 33.4 Å². The number of anilines is 1. The third kappa shape index (κ3) is 4.08. The van der Waals surface area contributed by atoms with Gasteiger partial charge in [-0.25, -0.2) is 8.42 Å². The van der Waals surface area contributed by atoms with Gasteiger partial charge < -0.3 is 5.32 Å². The summed E-state index contributed by atoms with van der Waals surface area (Å²) in [5, 5.41) is 2.84. The Hall–Kier alpha value is -1.05. The fourth-order valence-electron chi connectivity index (χ4n) is 2.37. The summed E-state index contributed by atoms with van der Waals surface area (Å²) < 4.78 is 27.1. The molecular formula is C16H24N2O3S2. The minimum Gasteiger partial charge on any atom is -0.325 e. The normalized spacial score (nSPS) is 18.4.